The lowest BCUT2D eigenvalue weighted by atomic mass is 10.2. The van der Waals surface area contributed by atoms with Crippen LogP contribution in [0.4, 0.5) is 0 Å². The Balaban J connectivity index is 1.89. The number of aromatic hydroxyl groups is 1. The number of nitrogens with one attached hydrogen (secondary N) is 1. The molecule has 0 unspecified atom stereocenters. The van der Waals surface area contributed by atoms with E-state index in [-0.39, 0.29) is 12.4 Å². The summed E-state index contributed by atoms with van der Waals surface area (Å²) < 4.78 is 11.4. The number of nitrogens with zero attached hydrogens (tertiary/aromatic N) is 1. The molecule has 0 bridgehead atoms. The molecule has 2 aromatic carbocycles. The van der Waals surface area contributed by atoms with Gasteiger partial charge in [-0.15, -0.1) is 0 Å². The summed E-state index contributed by atoms with van der Waals surface area (Å²) in [5.41, 5.74) is 3.69. The molecule has 2 aromatic rings. The molecule has 6 nitrogen and oxygen atoms in total. The first-order chi connectivity index (χ1) is 11.5. The molecule has 0 radical (unpaired) electrons. The van der Waals surface area contributed by atoms with Crippen molar-refractivity contribution >= 4 is 28.1 Å². The molecule has 0 spiro atoms. The number of hydrogen-bond acceptors (Lipinski definition) is 5. The fourth-order valence-corrected chi connectivity index (χ4v) is 2.41. The van der Waals surface area contributed by atoms with Crippen LogP contribution in [0.5, 0.6) is 17.2 Å². The molecule has 2 N–H and O–H groups in total. The fraction of sp³-hybridized carbons (Fsp3) is 0.176. The van der Waals surface area contributed by atoms with Gasteiger partial charge in [-0.1, -0.05) is 22.0 Å². The first-order valence-corrected chi connectivity index (χ1v) is 7.87. The number of benzene rings is 2. The van der Waals surface area contributed by atoms with Crippen molar-refractivity contribution in [3.63, 3.8) is 0 Å². The van der Waals surface area contributed by atoms with Gasteiger partial charge in [0, 0.05) is 10.0 Å². The lowest BCUT2D eigenvalue weighted by Gasteiger charge is -2.08. The van der Waals surface area contributed by atoms with Crippen LogP contribution < -0.4 is 14.9 Å². The second-order valence-electron chi connectivity index (χ2n) is 4.89. The molecular formula is C17H17BrN2O4. The molecule has 0 aliphatic heterocycles. The van der Waals surface area contributed by atoms with Crippen molar-refractivity contribution in [1.29, 1.82) is 0 Å². The minimum atomic E-state index is -0.407. The van der Waals surface area contributed by atoms with Crippen LogP contribution in [0.3, 0.4) is 0 Å². The third kappa shape index (κ3) is 4.73. The van der Waals surface area contributed by atoms with Crippen LogP contribution in [0.15, 0.2) is 46.0 Å². The summed E-state index contributed by atoms with van der Waals surface area (Å²) >= 11 is 3.37. The quantitative estimate of drug-likeness (QED) is 0.584. The largest absolute Gasteiger partial charge is 0.504 e. The third-order valence-corrected chi connectivity index (χ3v) is 3.63. The second-order valence-corrected chi connectivity index (χ2v) is 5.81. The Kier molecular flexibility index (Phi) is 6.20. The number of hydrogen-bond donors (Lipinski definition) is 2. The number of aryl methyl sites for hydroxylation is 1. The van der Waals surface area contributed by atoms with Gasteiger partial charge < -0.3 is 14.6 Å². The van der Waals surface area contributed by atoms with Crippen LogP contribution in [0.2, 0.25) is 0 Å². The average molecular weight is 393 g/mol. The SMILES string of the molecule is COc1cccc(C=NNC(=O)COc2ccc(Br)cc2C)c1O. The molecule has 1 amide bonds. The molecule has 0 saturated heterocycles. The van der Waals surface area contributed by atoms with Crippen molar-refractivity contribution in [2.75, 3.05) is 13.7 Å². The standard InChI is InChI=1S/C17H17BrN2O4/c1-11-8-13(18)6-7-14(11)24-10-16(21)20-19-9-12-4-3-5-15(23-2)17(12)22/h3-9,22H,10H2,1-2H3,(H,20,21). The van der Waals surface area contributed by atoms with E-state index in [4.69, 9.17) is 9.47 Å². The minimum absolute atomic E-state index is 0.0419. The van der Waals surface area contributed by atoms with Gasteiger partial charge in [-0.25, -0.2) is 5.43 Å². The Morgan fingerprint density at radius 1 is 1.33 bits per heavy atom. The van der Waals surface area contributed by atoms with Gasteiger partial charge in [0.2, 0.25) is 0 Å². The zero-order chi connectivity index (χ0) is 17.5. The number of para-hydroxylation sites is 1. The first kappa shape index (κ1) is 17.8. The van der Waals surface area contributed by atoms with Gasteiger partial charge in [0.05, 0.1) is 13.3 Å². The van der Waals surface area contributed by atoms with E-state index in [9.17, 15) is 9.90 Å². The Morgan fingerprint density at radius 3 is 2.83 bits per heavy atom. The lowest BCUT2D eigenvalue weighted by Crippen LogP contribution is -2.24. The van der Waals surface area contributed by atoms with Gasteiger partial charge in [0.15, 0.2) is 18.1 Å². The summed E-state index contributed by atoms with van der Waals surface area (Å²) in [6.07, 6.45) is 1.33. The highest BCUT2D eigenvalue weighted by molar-refractivity contribution is 9.10. The Morgan fingerprint density at radius 2 is 2.12 bits per heavy atom. The van der Waals surface area contributed by atoms with Crippen LogP contribution >= 0.6 is 15.9 Å². The van der Waals surface area contributed by atoms with E-state index in [1.807, 2.05) is 19.1 Å². The number of halogens is 1. The number of ether oxygens (including phenoxy) is 2. The molecule has 0 saturated carbocycles. The summed E-state index contributed by atoms with van der Waals surface area (Å²) in [6, 6.07) is 10.5. The van der Waals surface area contributed by atoms with Crippen LogP contribution in [-0.4, -0.2) is 30.9 Å². The first-order valence-electron chi connectivity index (χ1n) is 7.08. The van der Waals surface area contributed by atoms with E-state index in [1.54, 1.807) is 24.3 Å². The highest BCUT2D eigenvalue weighted by Crippen LogP contribution is 2.27. The number of rotatable bonds is 6. The van der Waals surface area contributed by atoms with E-state index in [0.29, 0.717) is 17.1 Å². The van der Waals surface area contributed by atoms with Crippen molar-refractivity contribution in [3.05, 3.63) is 52.0 Å². The molecule has 0 aliphatic carbocycles. The molecule has 24 heavy (non-hydrogen) atoms. The number of hydrazone groups is 1. The molecule has 0 aliphatic rings. The van der Waals surface area contributed by atoms with Gasteiger partial charge in [-0.2, -0.15) is 5.10 Å². The predicted octanol–water partition coefficient (Wildman–Crippen LogP) is 3.00. The number of phenols is 1. The lowest BCUT2D eigenvalue weighted by molar-refractivity contribution is -0.123. The number of carbonyl (C=O) groups excluding carboxylic acids is 1. The molecule has 0 heterocycles. The molecule has 2 rings (SSSR count). The molecule has 126 valence electrons. The predicted molar refractivity (Wildman–Crippen MR) is 94.8 cm³/mol. The van der Waals surface area contributed by atoms with Crippen LogP contribution in [0, 0.1) is 6.92 Å². The highest BCUT2D eigenvalue weighted by atomic mass is 79.9. The van der Waals surface area contributed by atoms with Crippen molar-refractivity contribution in [2.24, 2.45) is 5.10 Å². The number of carbonyl (C=O) groups is 1. The topological polar surface area (TPSA) is 80.2 Å². The third-order valence-electron chi connectivity index (χ3n) is 3.14. The minimum Gasteiger partial charge on any atom is -0.504 e. The number of phenolic OH excluding ortho intramolecular Hbond substituents is 1. The van der Waals surface area contributed by atoms with E-state index in [2.05, 4.69) is 26.5 Å². The Hall–Kier alpha value is -2.54. The van der Waals surface area contributed by atoms with Crippen molar-refractivity contribution < 1.29 is 19.4 Å². The van der Waals surface area contributed by atoms with Gasteiger partial charge >= 0.3 is 0 Å². The van der Waals surface area contributed by atoms with E-state index in [0.717, 1.165) is 10.0 Å². The molecule has 7 heteroatoms. The van der Waals surface area contributed by atoms with Gasteiger partial charge in [0.25, 0.3) is 5.91 Å². The van der Waals surface area contributed by atoms with Crippen LogP contribution in [0.25, 0.3) is 0 Å². The normalized spacial score (nSPS) is 10.6. The summed E-state index contributed by atoms with van der Waals surface area (Å²) in [6.45, 7) is 1.73. The van der Waals surface area contributed by atoms with Crippen molar-refractivity contribution in [2.45, 2.75) is 6.92 Å². The van der Waals surface area contributed by atoms with E-state index >= 15 is 0 Å². The second kappa shape index (κ2) is 8.35. The maximum atomic E-state index is 11.7. The van der Waals surface area contributed by atoms with Gasteiger partial charge in [-0.05, 0) is 42.8 Å². The fourth-order valence-electron chi connectivity index (χ4n) is 1.93. The summed E-state index contributed by atoms with van der Waals surface area (Å²) in [7, 11) is 1.46. The average Bonchev–Trinajstić information content (AvgIpc) is 2.55. The van der Waals surface area contributed by atoms with Crippen molar-refractivity contribution in [1.82, 2.24) is 5.43 Å². The zero-order valence-electron chi connectivity index (χ0n) is 13.2. The van der Waals surface area contributed by atoms with Gasteiger partial charge in [0.1, 0.15) is 5.75 Å². The molecule has 0 atom stereocenters. The summed E-state index contributed by atoms with van der Waals surface area (Å²) in [5, 5.41) is 13.7. The summed E-state index contributed by atoms with van der Waals surface area (Å²) in [4.78, 5) is 11.7. The highest BCUT2D eigenvalue weighted by Gasteiger charge is 2.06. The van der Waals surface area contributed by atoms with Gasteiger partial charge in [-0.3, -0.25) is 4.79 Å². The van der Waals surface area contributed by atoms with E-state index < -0.39 is 5.91 Å². The number of amides is 1. The maximum absolute atomic E-state index is 11.7. The smallest absolute Gasteiger partial charge is 0.277 e. The van der Waals surface area contributed by atoms with E-state index in [1.165, 1.54) is 13.3 Å². The van der Waals surface area contributed by atoms with Crippen LogP contribution in [-0.2, 0) is 4.79 Å². The monoisotopic (exact) mass is 392 g/mol. The Bertz CT molecular complexity index is 762. The Labute approximate surface area is 148 Å². The van der Waals surface area contributed by atoms with Crippen molar-refractivity contribution in [3.8, 4) is 17.2 Å². The summed E-state index contributed by atoms with van der Waals surface area (Å²) in [5.74, 6) is 0.512. The molecule has 0 aromatic heterocycles. The molecular weight excluding hydrogens is 376 g/mol. The van der Waals surface area contributed by atoms with Crippen LogP contribution in [0.1, 0.15) is 11.1 Å². The number of methoxy groups -OCH3 is 1. The molecule has 0 fully saturated rings. The zero-order valence-corrected chi connectivity index (χ0v) is 14.8. The maximum Gasteiger partial charge on any atom is 0.277 e.